The minimum absolute atomic E-state index is 0.0157. The number of nitrogens with one attached hydrogen (secondary N) is 1. The van der Waals surface area contributed by atoms with Gasteiger partial charge in [0.2, 0.25) is 0 Å². The van der Waals surface area contributed by atoms with Gasteiger partial charge in [-0.3, -0.25) is 9.63 Å². The standard InChI is InChI=1S/C21H21F3N8O4S/c1-4-31-20(33)12(10-36-31)27-15-6-7-25-17-16(19(29-32(15)17)37(34,35)5-2)18-28-11-8-14(21(22,23)24)26-9-13(11)30(18)3/h6-9,12,27H,4-5,10H2,1-3H3/t12-/m1/s1. The molecule has 1 N–H and O–H groups in total. The Labute approximate surface area is 207 Å². The molecule has 1 atom stereocenters. The predicted octanol–water partition coefficient (Wildman–Crippen LogP) is 2.06. The van der Waals surface area contributed by atoms with Crippen molar-refractivity contribution in [1.82, 2.24) is 34.2 Å². The fourth-order valence-corrected chi connectivity index (χ4v) is 5.03. The number of imidazole rings is 1. The first-order valence-corrected chi connectivity index (χ1v) is 12.8. The lowest BCUT2D eigenvalue weighted by molar-refractivity contribution is -0.160. The fraction of sp³-hybridized carbons (Fsp3) is 0.381. The van der Waals surface area contributed by atoms with Crippen LogP contribution in [-0.2, 0) is 32.7 Å². The average Bonchev–Trinajstić information content (AvgIpc) is 3.52. The minimum Gasteiger partial charge on any atom is -0.356 e. The van der Waals surface area contributed by atoms with Crippen LogP contribution in [0.25, 0.3) is 28.1 Å². The van der Waals surface area contributed by atoms with Crippen molar-refractivity contribution >= 4 is 38.2 Å². The molecule has 4 aromatic heterocycles. The predicted molar refractivity (Wildman–Crippen MR) is 124 cm³/mol. The number of rotatable bonds is 6. The second-order valence-corrected chi connectivity index (χ2v) is 10.4. The molecule has 1 aliphatic rings. The van der Waals surface area contributed by atoms with Crippen molar-refractivity contribution in [3.8, 4) is 11.4 Å². The van der Waals surface area contributed by atoms with Gasteiger partial charge in [0.25, 0.3) is 5.91 Å². The number of fused-ring (bicyclic) bond motifs is 2. The number of likely N-dealkylation sites (N-methyl/N-ethyl adjacent to an activating group) is 1. The van der Waals surface area contributed by atoms with Crippen LogP contribution in [-0.4, -0.2) is 73.5 Å². The number of halogens is 3. The molecule has 1 aliphatic heterocycles. The van der Waals surface area contributed by atoms with Crippen molar-refractivity contribution in [2.45, 2.75) is 31.1 Å². The van der Waals surface area contributed by atoms with Crippen LogP contribution >= 0.6 is 0 Å². The molecule has 0 unspecified atom stereocenters. The molecule has 5 rings (SSSR count). The second kappa shape index (κ2) is 8.65. The van der Waals surface area contributed by atoms with Gasteiger partial charge >= 0.3 is 6.18 Å². The molecular weight excluding hydrogens is 517 g/mol. The van der Waals surface area contributed by atoms with Crippen molar-refractivity contribution < 1.29 is 31.2 Å². The number of aromatic nitrogens is 6. The van der Waals surface area contributed by atoms with Crippen molar-refractivity contribution in [3.05, 3.63) is 30.2 Å². The van der Waals surface area contributed by atoms with E-state index in [1.807, 2.05) is 0 Å². The number of anilines is 1. The summed E-state index contributed by atoms with van der Waals surface area (Å²) in [6.07, 6.45) is -2.25. The van der Waals surface area contributed by atoms with Gasteiger partial charge in [-0.15, -0.1) is 0 Å². The van der Waals surface area contributed by atoms with E-state index in [2.05, 4.69) is 25.4 Å². The Morgan fingerprint density at radius 3 is 2.65 bits per heavy atom. The molecule has 1 fully saturated rings. The molecule has 1 saturated heterocycles. The zero-order valence-electron chi connectivity index (χ0n) is 19.8. The highest BCUT2D eigenvalue weighted by Gasteiger charge is 2.35. The van der Waals surface area contributed by atoms with E-state index in [0.717, 1.165) is 12.3 Å². The fourth-order valence-electron chi connectivity index (χ4n) is 4.05. The van der Waals surface area contributed by atoms with Gasteiger partial charge in [-0.1, -0.05) is 6.92 Å². The van der Waals surface area contributed by atoms with Crippen molar-refractivity contribution in [2.24, 2.45) is 7.05 Å². The number of nitrogens with zero attached hydrogens (tertiary/aromatic N) is 7. The SMILES string of the molecule is CCN1OC[C@@H](Nc2ccnc3c(-c4nc5cc(C(F)(F)F)ncc5n4C)c(S(=O)(=O)CC)nn23)C1=O. The Morgan fingerprint density at radius 2 is 2.00 bits per heavy atom. The molecule has 16 heteroatoms. The highest BCUT2D eigenvalue weighted by Crippen LogP contribution is 2.35. The number of pyridine rings is 1. The summed E-state index contributed by atoms with van der Waals surface area (Å²) in [6, 6.07) is 1.57. The monoisotopic (exact) mass is 538 g/mol. The number of sulfone groups is 1. The van der Waals surface area contributed by atoms with E-state index in [1.54, 1.807) is 6.92 Å². The molecule has 0 bridgehead atoms. The Balaban J connectivity index is 1.71. The van der Waals surface area contributed by atoms with E-state index < -0.39 is 27.7 Å². The third kappa shape index (κ3) is 4.05. The number of hydrogen-bond donors (Lipinski definition) is 1. The molecule has 1 amide bonds. The molecule has 0 radical (unpaired) electrons. The van der Waals surface area contributed by atoms with Crippen molar-refractivity contribution in [3.63, 3.8) is 0 Å². The number of aryl methyl sites for hydroxylation is 1. The molecule has 0 aromatic carbocycles. The topological polar surface area (TPSA) is 137 Å². The van der Waals surface area contributed by atoms with Gasteiger partial charge in [0.05, 0.1) is 23.0 Å². The summed E-state index contributed by atoms with van der Waals surface area (Å²) >= 11 is 0. The summed E-state index contributed by atoms with van der Waals surface area (Å²) in [4.78, 5) is 30.0. The summed E-state index contributed by atoms with van der Waals surface area (Å²) in [7, 11) is -2.41. The first-order chi connectivity index (χ1) is 17.5. The van der Waals surface area contributed by atoms with Gasteiger partial charge in [-0.05, 0) is 19.1 Å². The van der Waals surface area contributed by atoms with E-state index >= 15 is 0 Å². The molecule has 12 nitrogen and oxygen atoms in total. The third-order valence-electron chi connectivity index (χ3n) is 5.99. The molecule has 37 heavy (non-hydrogen) atoms. The van der Waals surface area contributed by atoms with Gasteiger partial charge in [-0.2, -0.15) is 22.8 Å². The second-order valence-electron chi connectivity index (χ2n) is 8.23. The van der Waals surface area contributed by atoms with Crippen LogP contribution in [0.1, 0.15) is 19.5 Å². The largest absolute Gasteiger partial charge is 0.433 e. The Bertz CT molecular complexity index is 1650. The molecule has 196 valence electrons. The summed E-state index contributed by atoms with van der Waals surface area (Å²) in [6.45, 7) is 3.61. The Hall–Kier alpha value is -3.79. The summed E-state index contributed by atoms with van der Waals surface area (Å²) < 4.78 is 68.4. The first kappa shape index (κ1) is 24.9. The summed E-state index contributed by atoms with van der Waals surface area (Å²) in [5, 5.41) is 8.17. The van der Waals surface area contributed by atoms with E-state index in [1.165, 1.54) is 40.4 Å². The Kier molecular flexibility index (Phi) is 5.82. The zero-order chi connectivity index (χ0) is 26.7. The van der Waals surface area contributed by atoms with Crippen LogP contribution < -0.4 is 5.32 Å². The number of carbonyl (C=O) groups is 1. The van der Waals surface area contributed by atoms with Gasteiger partial charge in [0.15, 0.2) is 20.5 Å². The van der Waals surface area contributed by atoms with Crippen LogP contribution in [0.2, 0.25) is 0 Å². The van der Waals surface area contributed by atoms with Crippen LogP contribution in [0.5, 0.6) is 0 Å². The van der Waals surface area contributed by atoms with Gasteiger partial charge in [0.1, 0.15) is 35.5 Å². The number of alkyl halides is 3. The highest BCUT2D eigenvalue weighted by molar-refractivity contribution is 7.91. The van der Waals surface area contributed by atoms with Crippen LogP contribution in [0.4, 0.5) is 19.0 Å². The van der Waals surface area contributed by atoms with Crippen molar-refractivity contribution in [1.29, 1.82) is 0 Å². The minimum atomic E-state index is -4.68. The van der Waals surface area contributed by atoms with Crippen molar-refractivity contribution in [2.75, 3.05) is 24.2 Å². The molecular formula is C21H21F3N8O4S. The van der Waals surface area contributed by atoms with Gasteiger partial charge in [0, 0.05) is 19.8 Å². The van der Waals surface area contributed by atoms with Gasteiger partial charge in [-0.25, -0.2) is 28.4 Å². The quantitative estimate of drug-likeness (QED) is 0.391. The normalized spacial score (nSPS) is 16.9. The van der Waals surface area contributed by atoms with Crippen LogP contribution in [0, 0.1) is 0 Å². The summed E-state index contributed by atoms with van der Waals surface area (Å²) in [5.74, 6) is -0.287. The molecule has 0 spiro atoms. The lowest BCUT2D eigenvalue weighted by Crippen LogP contribution is -2.34. The molecule has 0 aliphatic carbocycles. The van der Waals surface area contributed by atoms with E-state index in [-0.39, 0.29) is 57.2 Å². The number of carbonyl (C=O) groups excluding carboxylic acids is 1. The number of hydrogen-bond acceptors (Lipinski definition) is 9. The molecule has 4 aromatic rings. The van der Waals surface area contributed by atoms with E-state index in [9.17, 15) is 26.4 Å². The van der Waals surface area contributed by atoms with E-state index in [0.29, 0.717) is 6.54 Å². The maximum atomic E-state index is 13.2. The average molecular weight is 539 g/mol. The maximum Gasteiger partial charge on any atom is 0.433 e. The van der Waals surface area contributed by atoms with Gasteiger partial charge < -0.3 is 9.88 Å². The van der Waals surface area contributed by atoms with Crippen LogP contribution in [0.15, 0.2) is 29.6 Å². The smallest absolute Gasteiger partial charge is 0.356 e. The zero-order valence-corrected chi connectivity index (χ0v) is 20.6. The Morgan fingerprint density at radius 1 is 1.24 bits per heavy atom. The maximum absolute atomic E-state index is 13.2. The number of hydroxylamine groups is 2. The van der Waals surface area contributed by atoms with E-state index in [4.69, 9.17) is 4.84 Å². The molecule has 5 heterocycles. The number of amides is 1. The highest BCUT2D eigenvalue weighted by atomic mass is 32.2. The lowest BCUT2D eigenvalue weighted by Gasteiger charge is -2.13. The molecule has 0 saturated carbocycles. The first-order valence-electron chi connectivity index (χ1n) is 11.2. The lowest BCUT2D eigenvalue weighted by atomic mass is 10.3. The summed E-state index contributed by atoms with van der Waals surface area (Å²) in [5.41, 5.74) is -0.799. The van der Waals surface area contributed by atoms with Crippen LogP contribution in [0.3, 0.4) is 0 Å². The third-order valence-corrected chi connectivity index (χ3v) is 7.63.